The smallest absolute Gasteiger partial charge is 0.275 e. The lowest BCUT2D eigenvalue weighted by Gasteiger charge is -2.03. The molecule has 2 N–H and O–H groups in total. The fourth-order valence-corrected chi connectivity index (χ4v) is 3.47. The molecule has 0 aliphatic carbocycles. The molecule has 4 rings (SSSR count). The number of ether oxygens (including phenoxy) is 1. The molecule has 1 amide bonds. The molecule has 0 radical (unpaired) electrons. The lowest BCUT2D eigenvalue weighted by Crippen LogP contribution is -2.12. The summed E-state index contributed by atoms with van der Waals surface area (Å²) in [6, 6.07) is 5.57. The number of aromatic nitrogens is 6. The number of hydrogen-bond acceptors (Lipinski definition) is 7. The van der Waals surface area contributed by atoms with Crippen molar-refractivity contribution < 1.29 is 9.53 Å². The van der Waals surface area contributed by atoms with E-state index in [0.717, 1.165) is 10.6 Å². The molecule has 0 aliphatic heterocycles. The van der Waals surface area contributed by atoms with Gasteiger partial charge in [-0.25, -0.2) is 4.98 Å². The molecule has 4 aromatic rings. The van der Waals surface area contributed by atoms with E-state index in [1.807, 2.05) is 25.1 Å². The zero-order chi connectivity index (χ0) is 20.1. The van der Waals surface area contributed by atoms with Crippen molar-refractivity contribution in [2.75, 3.05) is 18.5 Å². The Kier molecular flexibility index (Phi) is 5.73. The molecule has 0 unspecified atom stereocenters. The van der Waals surface area contributed by atoms with Crippen LogP contribution in [0.1, 0.15) is 17.4 Å². The summed E-state index contributed by atoms with van der Waals surface area (Å²) in [5.41, 5.74) is 3.02. The number of carbonyl (C=O) groups is 1. The lowest BCUT2D eigenvalue weighted by atomic mass is 10.2. The maximum atomic E-state index is 12.8. The maximum Gasteiger partial charge on any atom is 0.275 e. The van der Waals surface area contributed by atoms with Gasteiger partial charge in [0.2, 0.25) is 0 Å². The van der Waals surface area contributed by atoms with Gasteiger partial charge in [-0.05, 0) is 19.1 Å². The predicted molar refractivity (Wildman–Crippen MR) is 110 cm³/mol. The standard InChI is InChI=1S/C19H19N7O2S/c1-2-28-8-7-26-11-15(17(25-26)14-5-3-4-6-20-14)23-18(27)16-12-29-19(24-16)13-9-21-22-10-13/h3-6,9-12H,2,7-8H2,1H3,(H,21,22)(H,23,27). The number of H-pyrrole nitrogens is 1. The molecule has 0 bridgehead atoms. The number of hydrogen-bond donors (Lipinski definition) is 2. The second-order valence-electron chi connectivity index (χ2n) is 6.05. The number of amides is 1. The van der Waals surface area contributed by atoms with E-state index < -0.39 is 0 Å². The average molecular weight is 409 g/mol. The summed E-state index contributed by atoms with van der Waals surface area (Å²) in [6.07, 6.45) is 6.88. The van der Waals surface area contributed by atoms with E-state index in [1.54, 1.807) is 34.8 Å². The highest BCUT2D eigenvalue weighted by Gasteiger charge is 2.18. The molecule has 29 heavy (non-hydrogen) atoms. The average Bonchev–Trinajstić information content (AvgIpc) is 3.49. The van der Waals surface area contributed by atoms with Gasteiger partial charge in [-0.3, -0.25) is 19.6 Å². The van der Waals surface area contributed by atoms with Crippen LogP contribution < -0.4 is 5.32 Å². The number of thiazole rings is 1. The molecule has 0 atom stereocenters. The van der Waals surface area contributed by atoms with Crippen molar-refractivity contribution in [1.29, 1.82) is 0 Å². The Hall–Kier alpha value is -3.37. The number of rotatable bonds is 8. The number of anilines is 1. The molecule has 10 heteroatoms. The molecular formula is C19H19N7O2S. The second-order valence-corrected chi connectivity index (χ2v) is 6.90. The molecule has 4 aromatic heterocycles. The van der Waals surface area contributed by atoms with Crippen LogP contribution in [0.2, 0.25) is 0 Å². The highest BCUT2D eigenvalue weighted by atomic mass is 32.1. The Morgan fingerprint density at radius 3 is 3.07 bits per heavy atom. The van der Waals surface area contributed by atoms with E-state index in [9.17, 15) is 4.79 Å². The SMILES string of the molecule is CCOCCn1cc(NC(=O)c2csc(-c3cn[nH]c3)n2)c(-c2ccccn2)n1. The van der Waals surface area contributed by atoms with Gasteiger partial charge < -0.3 is 10.1 Å². The molecule has 9 nitrogen and oxygen atoms in total. The van der Waals surface area contributed by atoms with Crippen molar-refractivity contribution in [3.8, 4) is 22.0 Å². The van der Waals surface area contributed by atoms with Crippen molar-refractivity contribution in [2.24, 2.45) is 0 Å². The van der Waals surface area contributed by atoms with Crippen LogP contribution in [0.5, 0.6) is 0 Å². The molecular weight excluding hydrogens is 390 g/mol. The molecule has 0 aliphatic rings. The summed E-state index contributed by atoms with van der Waals surface area (Å²) in [5.74, 6) is -0.308. The van der Waals surface area contributed by atoms with E-state index in [0.29, 0.717) is 42.5 Å². The highest BCUT2D eigenvalue weighted by molar-refractivity contribution is 7.13. The van der Waals surface area contributed by atoms with Crippen molar-refractivity contribution in [2.45, 2.75) is 13.5 Å². The van der Waals surface area contributed by atoms with Crippen LogP contribution in [0.4, 0.5) is 5.69 Å². The number of nitrogens with one attached hydrogen (secondary N) is 2. The minimum absolute atomic E-state index is 0.308. The van der Waals surface area contributed by atoms with Gasteiger partial charge in [0.15, 0.2) is 0 Å². The van der Waals surface area contributed by atoms with Gasteiger partial charge >= 0.3 is 0 Å². The van der Waals surface area contributed by atoms with Gasteiger partial charge in [0.05, 0.1) is 30.7 Å². The lowest BCUT2D eigenvalue weighted by molar-refractivity contribution is 0.102. The zero-order valence-corrected chi connectivity index (χ0v) is 16.5. The van der Waals surface area contributed by atoms with Crippen LogP contribution in [-0.4, -0.2) is 49.1 Å². The van der Waals surface area contributed by atoms with Crippen LogP contribution >= 0.6 is 11.3 Å². The highest BCUT2D eigenvalue weighted by Crippen LogP contribution is 2.27. The predicted octanol–water partition coefficient (Wildman–Crippen LogP) is 3.08. The van der Waals surface area contributed by atoms with Crippen LogP contribution in [0.15, 0.2) is 48.4 Å². The first-order valence-electron chi connectivity index (χ1n) is 9.07. The van der Waals surface area contributed by atoms with Gasteiger partial charge in [0, 0.05) is 36.1 Å². The molecule has 0 fully saturated rings. The van der Waals surface area contributed by atoms with Gasteiger partial charge in [0.1, 0.15) is 16.4 Å². The van der Waals surface area contributed by atoms with Gasteiger partial charge in [-0.1, -0.05) is 6.07 Å². The molecule has 0 aromatic carbocycles. The minimum Gasteiger partial charge on any atom is -0.380 e. The molecule has 0 spiro atoms. The van der Waals surface area contributed by atoms with E-state index in [1.165, 1.54) is 11.3 Å². The summed E-state index contributed by atoms with van der Waals surface area (Å²) in [6.45, 7) is 3.69. The van der Waals surface area contributed by atoms with Crippen molar-refractivity contribution in [3.05, 3.63) is 54.1 Å². The summed E-state index contributed by atoms with van der Waals surface area (Å²) >= 11 is 1.38. The fourth-order valence-electron chi connectivity index (χ4n) is 2.69. The van der Waals surface area contributed by atoms with E-state index in [2.05, 4.69) is 30.6 Å². The molecule has 148 valence electrons. The van der Waals surface area contributed by atoms with Crippen LogP contribution in [0, 0.1) is 0 Å². The van der Waals surface area contributed by atoms with Crippen LogP contribution in [0.3, 0.4) is 0 Å². The normalized spacial score (nSPS) is 10.9. The quantitative estimate of drug-likeness (QED) is 0.433. The summed E-state index contributed by atoms with van der Waals surface area (Å²) in [5, 5.41) is 16.6. The molecule has 0 saturated heterocycles. The minimum atomic E-state index is -0.308. The van der Waals surface area contributed by atoms with Crippen molar-refractivity contribution in [3.63, 3.8) is 0 Å². The summed E-state index contributed by atoms with van der Waals surface area (Å²) < 4.78 is 7.14. The Labute approximate surface area is 170 Å². The first kappa shape index (κ1) is 19.0. The third-order valence-electron chi connectivity index (χ3n) is 4.07. The Balaban J connectivity index is 1.57. The van der Waals surface area contributed by atoms with E-state index in [-0.39, 0.29) is 5.91 Å². The van der Waals surface area contributed by atoms with Gasteiger partial charge in [-0.2, -0.15) is 10.2 Å². The first-order chi connectivity index (χ1) is 14.2. The van der Waals surface area contributed by atoms with Crippen LogP contribution in [-0.2, 0) is 11.3 Å². The molecule has 4 heterocycles. The first-order valence-corrected chi connectivity index (χ1v) is 9.95. The second kappa shape index (κ2) is 8.76. The fraction of sp³-hybridized carbons (Fsp3) is 0.211. The third-order valence-corrected chi connectivity index (χ3v) is 4.96. The van der Waals surface area contributed by atoms with Crippen molar-refractivity contribution >= 4 is 22.9 Å². The zero-order valence-electron chi connectivity index (χ0n) is 15.7. The van der Waals surface area contributed by atoms with E-state index in [4.69, 9.17) is 4.74 Å². The van der Waals surface area contributed by atoms with Gasteiger partial charge in [-0.15, -0.1) is 11.3 Å². The topological polar surface area (TPSA) is 111 Å². The maximum absolute atomic E-state index is 12.8. The largest absolute Gasteiger partial charge is 0.380 e. The third kappa shape index (κ3) is 4.39. The molecule has 0 saturated carbocycles. The Morgan fingerprint density at radius 1 is 1.38 bits per heavy atom. The van der Waals surface area contributed by atoms with Crippen LogP contribution in [0.25, 0.3) is 22.0 Å². The van der Waals surface area contributed by atoms with Crippen molar-refractivity contribution in [1.82, 2.24) is 29.9 Å². The Morgan fingerprint density at radius 2 is 2.31 bits per heavy atom. The number of carbonyl (C=O) groups excluding carboxylic acids is 1. The Bertz CT molecular complexity index is 1070. The number of nitrogens with zero attached hydrogens (tertiary/aromatic N) is 5. The summed E-state index contributed by atoms with van der Waals surface area (Å²) in [4.78, 5) is 21.5. The number of aromatic amines is 1. The number of pyridine rings is 1. The van der Waals surface area contributed by atoms with E-state index >= 15 is 0 Å². The van der Waals surface area contributed by atoms with Gasteiger partial charge in [0.25, 0.3) is 5.91 Å². The summed E-state index contributed by atoms with van der Waals surface area (Å²) in [7, 11) is 0. The monoisotopic (exact) mass is 409 g/mol.